The van der Waals surface area contributed by atoms with Gasteiger partial charge in [-0.2, -0.15) is 14.1 Å². The second kappa shape index (κ2) is 20.5. The van der Waals surface area contributed by atoms with Crippen molar-refractivity contribution in [2.24, 2.45) is 20.0 Å². The fourth-order valence-electron chi connectivity index (χ4n) is 0.828. The molecule has 0 aliphatic heterocycles. The molecule has 0 saturated carbocycles. The van der Waals surface area contributed by atoms with E-state index in [1.54, 1.807) is 12.4 Å². The maximum atomic E-state index is 4.19. The van der Waals surface area contributed by atoms with E-state index < -0.39 is 0 Å². The Balaban J connectivity index is -0.000000980. The smallest absolute Gasteiger partial charge is 0.0402 e. The van der Waals surface area contributed by atoms with Crippen LogP contribution >= 0.6 is 0 Å². The van der Waals surface area contributed by atoms with E-state index in [4.69, 9.17) is 0 Å². The Hall–Kier alpha value is -0.892. The number of rotatable bonds is 8. The summed E-state index contributed by atoms with van der Waals surface area (Å²) >= 11 is 0. The quantitative estimate of drug-likeness (QED) is 0.332. The van der Waals surface area contributed by atoms with Crippen LogP contribution in [0.15, 0.2) is 20.0 Å². The summed E-state index contributed by atoms with van der Waals surface area (Å²) in [6.07, 6.45) is 9.61. The van der Waals surface area contributed by atoms with E-state index in [-0.39, 0.29) is 28.5 Å². The minimum Gasteiger partial charge on any atom is -0.461 e. The number of nitrogens with zero attached hydrogens (tertiary/aromatic N) is 4. The van der Waals surface area contributed by atoms with E-state index in [2.05, 4.69) is 34.1 Å². The molecule has 0 heterocycles. The summed E-state index contributed by atoms with van der Waals surface area (Å²) in [7, 11) is 6.68. The van der Waals surface area contributed by atoms with Crippen LogP contribution in [0.1, 0.15) is 19.3 Å². The van der Waals surface area contributed by atoms with Gasteiger partial charge >= 0.3 is 0 Å². The van der Waals surface area contributed by atoms with Crippen LogP contribution in [0.25, 0.3) is 0 Å². The minimum absolute atomic E-state index is 0. The summed E-state index contributed by atoms with van der Waals surface area (Å²) in [6, 6.07) is 0. The van der Waals surface area contributed by atoms with E-state index in [0.717, 1.165) is 32.4 Å². The van der Waals surface area contributed by atoms with Gasteiger partial charge in [-0.1, -0.05) is 0 Å². The third-order valence-electron chi connectivity index (χ3n) is 1.51. The summed E-state index contributed by atoms with van der Waals surface area (Å²) in [5, 5.41) is 0. The molecule has 0 aromatic carbocycles. The average molecular weight is 416 g/mol. The molecule has 0 unspecified atom stereocenters. The van der Waals surface area contributed by atoms with Crippen molar-refractivity contribution in [2.45, 2.75) is 19.3 Å². The Morgan fingerprint density at radius 1 is 0.765 bits per heavy atom. The van der Waals surface area contributed by atoms with E-state index in [1.807, 2.05) is 12.4 Å². The van der Waals surface area contributed by atoms with Gasteiger partial charge in [0.2, 0.25) is 0 Å². The zero-order chi connectivity index (χ0) is 11.2. The Labute approximate surface area is 120 Å². The molecule has 0 radical (unpaired) electrons. The molecule has 5 heteroatoms. The first-order valence-electron chi connectivity index (χ1n) is 4.93. The fourth-order valence-corrected chi connectivity index (χ4v) is 0.828. The third kappa shape index (κ3) is 21.0. The second-order valence-electron chi connectivity index (χ2n) is 2.73. The molecule has 0 aromatic rings. The van der Waals surface area contributed by atoms with Gasteiger partial charge in [-0.15, -0.1) is 12.4 Å². The molecular formula is C12H21N4Pt-3. The Kier molecular flexibility index (Phi) is 25.8. The van der Waals surface area contributed by atoms with Crippen LogP contribution < -0.4 is 0 Å². The molecule has 0 amide bonds. The first kappa shape index (κ1) is 21.4. The van der Waals surface area contributed by atoms with Crippen molar-refractivity contribution in [1.82, 2.24) is 0 Å². The van der Waals surface area contributed by atoms with Gasteiger partial charge in [0.25, 0.3) is 0 Å². The molecule has 0 aliphatic rings. The number of hydrogen-bond acceptors (Lipinski definition) is 4. The van der Waals surface area contributed by atoms with Crippen LogP contribution in [-0.2, 0) is 21.1 Å². The summed E-state index contributed by atoms with van der Waals surface area (Å²) in [5.41, 5.74) is 0. The molecule has 102 valence electrons. The molecule has 0 bridgehead atoms. The molecule has 0 aromatic heterocycles. The van der Waals surface area contributed by atoms with Crippen molar-refractivity contribution in [1.29, 1.82) is 0 Å². The summed E-state index contributed by atoms with van der Waals surface area (Å²) < 4.78 is 0. The SMILES string of the molecule is [CH2-]N=CCC=NCCCN=CCC=N[CH2-].[CH3-].[Pt]. The molecule has 0 spiro atoms. The van der Waals surface area contributed by atoms with Gasteiger partial charge < -0.3 is 17.4 Å². The van der Waals surface area contributed by atoms with Crippen LogP contribution in [0.3, 0.4) is 0 Å². The summed E-state index contributed by atoms with van der Waals surface area (Å²) in [4.78, 5) is 15.6. The number of aliphatic imine (C=N–C) groups is 4. The van der Waals surface area contributed by atoms with Crippen LogP contribution in [0.5, 0.6) is 0 Å². The van der Waals surface area contributed by atoms with Crippen molar-refractivity contribution >= 4 is 24.9 Å². The largest absolute Gasteiger partial charge is 0.461 e. The van der Waals surface area contributed by atoms with Gasteiger partial charge in [0.15, 0.2) is 0 Å². The second-order valence-corrected chi connectivity index (χ2v) is 2.73. The molecule has 0 saturated heterocycles. The monoisotopic (exact) mass is 416 g/mol. The van der Waals surface area contributed by atoms with Crippen molar-refractivity contribution in [2.75, 3.05) is 13.1 Å². The molecule has 0 N–H and O–H groups in total. The van der Waals surface area contributed by atoms with Crippen LogP contribution in [0.4, 0.5) is 0 Å². The fraction of sp³-hybridized carbons (Fsp3) is 0.417. The van der Waals surface area contributed by atoms with Crippen molar-refractivity contribution in [3.05, 3.63) is 21.5 Å². The van der Waals surface area contributed by atoms with Crippen LogP contribution in [-0.4, -0.2) is 37.9 Å². The maximum absolute atomic E-state index is 4.19. The van der Waals surface area contributed by atoms with E-state index in [9.17, 15) is 0 Å². The maximum Gasteiger partial charge on any atom is 0.0402 e. The third-order valence-corrected chi connectivity index (χ3v) is 1.51. The number of hydrogen-bond donors (Lipinski definition) is 0. The van der Waals surface area contributed by atoms with Gasteiger partial charge in [-0.3, -0.25) is 9.98 Å². The average Bonchev–Trinajstić information content (AvgIpc) is 2.26. The zero-order valence-corrected chi connectivity index (χ0v) is 12.6. The van der Waals surface area contributed by atoms with Gasteiger partial charge in [-0.05, 0) is 31.7 Å². The molecule has 4 nitrogen and oxygen atoms in total. The molecule has 0 rings (SSSR count). The Morgan fingerprint density at radius 2 is 1.18 bits per heavy atom. The minimum atomic E-state index is 0. The van der Waals surface area contributed by atoms with Crippen molar-refractivity contribution < 1.29 is 21.1 Å². The van der Waals surface area contributed by atoms with E-state index in [0.29, 0.717) is 0 Å². The molecular weight excluding hydrogens is 395 g/mol. The van der Waals surface area contributed by atoms with E-state index in [1.165, 1.54) is 0 Å². The van der Waals surface area contributed by atoms with Crippen LogP contribution in [0, 0.1) is 21.5 Å². The predicted octanol–water partition coefficient (Wildman–Crippen LogP) is 2.47. The molecule has 0 fully saturated rings. The first-order chi connectivity index (χ1) is 7.41. The standard InChI is InChI=1S/C11H18N4.CH3.Pt/c1-12-6-3-8-14-10-5-11-15-9-4-7-13-2;;/h6-9H,1-5,10-11H2;1H3;/q-2;-1;. The van der Waals surface area contributed by atoms with Gasteiger partial charge in [0, 0.05) is 34.2 Å². The molecule has 17 heavy (non-hydrogen) atoms. The summed E-state index contributed by atoms with van der Waals surface area (Å²) in [6.45, 7) is 1.62. The van der Waals surface area contributed by atoms with Crippen molar-refractivity contribution in [3.63, 3.8) is 0 Å². The predicted molar refractivity (Wildman–Crippen MR) is 74.7 cm³/mol. The molecule has 0 aliphatic carbocycles. The summed E-state index contributed by atoms with van der Waals surface area (Å²) in [5.74, 6) is 0. The van der Waals surface area contributed by atoms with Crippen molar-refractivity contribution in [3.8, 4) is 0 Å². The molecule has 0 atom stereocenters. The zero-order valence-electron chi connectivity index (χ0n) is 10.4. The van der Waals surface area contributed by atoms with Gasteiger partial charge in [-0.25, -0.2) is 0 Å². The first-order valence-corrected chi connectivity index (χ1v) is 4.93. The van der Waals surface area contributed by atoms with Gasteiger partial charge in [0.1, 0.15) is 0 Å². The van der Waals surface area contributed by atoms with Gasteiger partial charge in [0.05, 0.1) is 0 Å². The topological polar surface area (TPSA) is 49.4 Å². The Bertz CT molecular complexity index is 211. The van der Waals surface area contributed by atoms with Crippen LogP contribution in [0.2, 0.25) is 0 Å². The van der Waals surface area contributed by atoms with E-state index >= 15 is 0 Å². The normalized spacial score (nSPS) is 11.3. The Morgan fingerprint density at radius 3 is 1.53 bits per heavy atom.